The van der Waals surface area contributed by atoms with Crippen LogP contribution in [0, 0.1) is 5.92 Å². The van der Waals surface area contributed by atoms with Crippen molar-refractivity contribution in [1.29, 1.82) is 0 Å². The maximum absolute atomic E-state index is 3.48. The highest BCUT2D eigenvalue weighted by atomic mass is 14.9. The van der Waals surface area contributed by atoms with Crippen LogP contribution in [-0.4, -0.2) is 12.6 Å². The molecule has 1 nitrogen and oxygen atoms in total. The molecule has 0 saturated carbocycles. The van der Waals surface area contributed by atoms with Crippen molar-refractivity contribution in [3.63, 3.8) is 0 Å². The van der Waals surface area contributed by atoms with Crippen molar-refractivity contribution >= 4 is 0 Å². The molecule has 0 heterocycles. The van der Waals surface area contributed by atoms with Gasteiger partial charge in [0.15, 0.2) is 0 Å². The van der Waals surface area contributed by atoms with Crippen LogP contribution in [0.2, 0.25) is 0 Å². The van der Waals surface area contributed by atoms with Crippen LogP contribution in [0.15, 0.2) is 0 Å². The molecule has 1 N–H and O–H groups in total. The molecule has 62 valence electrons. The number of hydrogen-bond donors (Lipinski definition) is 1. The van der Waals surface area contributed by atoms with Crippen molar-refractivity contribution in [2.45, 2.75) is 46.6 Å². The lowest BCUT2D eigenvalue weighted by Gasteiger charge is -2.16. The number of hydrogen-bond acceptors (Lipinski definition) is 1. The summed E-state index contributed by atoms with van der Waals surface area (Å²) in [7, 11) is 0. The quantitative estimate of drug-likeness (QED) is 0.583. The van der Waals surface area contributed by atoms with Gasteiger partial charge >= 0.3 is 0 Å². The van der Waals surface area contributed by atoms with Crippen LogP contribution in [0.5, 0.6) is 0 Å². The molecule has 1 heteroatoms. The Morgan fingerprint density at radius 1 is 1.20 bits per heavy atom. The number of nitrogens with one attached hydrogen (secondary N) is 1. The van der Waals surface area contributed by atoms with E-state index in [0.29, 0.717) is 6.04 Å². The summed E-state index contributed by atoms with van der Waals surface area (Å²) in [5.74, 6) is 0.761. The fraction of sp³-hybridized carbons (Fsp3) is 1.00. The highest BCUT2D eigenvalue weighted by Gasteiger charge is 2.03. The molecule has 0 aliphatic heterocycles. The van der Waals surface area contributed by atoms with Crippen molar-refractivity contribution in [3.8, 4) is 0 Å². The fourth-order valence-corrected chi connectivity index (χ4v) is 0.742. The average Bonchev–Trinajstić information content (AvgIpc) is 1.88. The molecular formula is C9H21N. The van der Waals surface area contributed by atoms with Crippen LogP contribution in [0.3, 0.4) is 0 Å². The van der Waals surface area contributed by atoms with Gasteiger partial charge in [-0.1, -0.05) is 27.2 Å². The van der Waals surface area contributed by atoms with Gasteiger partial charge in [-0.15, -0.1) is 0 Å². The Balaban J connectivity index is 3.13. The summed E-state index contributed by atoms with van der Waals surface area (Å²) < 4.78 is 0. The highest BCUT2D eigenvalue weighted by molar-refractivity contribution is 4.63. The standard InChI is InChI=1S/C9H21N/c1-5-6-7-10-9(4)8(2)3/h8-10H,5-7H2,1-4H3. The van der Waals surface area contributed by atoms with Crippen LogP contribution in [-0.2, 0) is 0 Å². The van der Waals surface area contributed by atoms with Gasteiger partial charge in [-0.25, -0.2) is 0 Å². The third-order valence-electron chi connectivity index (χ3n) is 2.00. The monoisotopic (exact) mass is 143 g/mol. The Morgan fingerprint density at radius 2 is 1.80 bits per heavy atom. The first kappa shape index (κ1) is 9.96. The van der Waals surface area contributed by atoms with E-state index in [-0.39, 0.29) is 0 Å². The second-order valence-electron chi connectivity index (χ2n) is 3.34. The lowest BCUT2D eigenvalue weighted by molar-refractivity contribution is 0.423. The molecule has 0 aromatic carbocycles. The fourth-order valence-electron chi connectivity index (χ4n) is 0.742. The minimum atomic E-state index is 0.673. The van der Waals surface area contributed by atoms with Gasteiger partial charge in [0.2, 0.25) is 0 Å². The largest absolute Gasteiger partial charge is 0.314 e. The van der Waals surface area contributed by atoms with Gasteiger partial charge in [-0.3, -0.25) is 0 Å². The summed E-state index contributed by atoms with van der Waals surface area (Å²) in [4.78, 5) is 0. The van der Waals surface area contributed by atoms with E-state index in [1.54, 1.807) is 0 Å². The van der Waals surface area contributed by atoms with E-state index in [1.165, 1.54) is 19.4 Å². The van der Waals surface area contributed by atoms with Gasteiger partial charge < -0.3 is 5.32 Å². The van der Waals surface area contributed by atoms with Gasteiger partial charge in [0.05, 0.1) is 0 Å². The maximum atomic E-state index is 3.48. The molecule has 0 rings (SSSR count). The van der Waals surface area contributed by atoms with Crippen molar-refractivity contribution in [1.82, 2.24) is 5.32 Å². The van der Waals surface area contributed by atoms with E-state index >= 15 is 0 Å². The minimum Gasteiger partial charge on any atom is -0.314 e. The summed E-state index contributed by atoms with van der Waals surface area (Å²) in [6.45, 7) is 10.2. The number of rotatable bonds is 5. The summed E-state index contributed by atoms with van der Waals surface area (Å²) in [5, 5.41) is 3.48. The Kier molecular flexibility index (Phi) is 5.70. The second-order valence-corrected chi connectivity index (χ2v) is 3.34. The van der Waals surface area contributed by atoms with Crippen molar-refractivity contribution in [3.05, 3.63) is 0 Å². The molecule has 1 atom stereocenters. The van der Waals surface area contributed by atoms with E-state index in [4.69, 9.17) is 0 Å². The lowest BCUT2D eigenvalue weighted by atomic mass is 10.1. The second kappa shape index (κ2) is 5.72. The molecule has 0 aromatic rings. The number of unbranched alkanes of at least 4 members (excludes halogenated alkanes) is 1. The maximum Gasteiger partial charge on any atom is 0.00617 e. The van der Waals surface area contributed by atoms with Gasteiger partial charge in [0.1, 0.15) is 0 Å². The van der Waals surface area contributed by atoms with Crippen molar-refractivity contribution < 1.29 is 0 Å². The van der Waals surface area contributed by atoms with E-state index in [1.807, 2.05) is 0 Å². The molecule has 0 spiro atoms. The molecule has 10 heavy (non-hydrogen) atoms. The summed E-state index contributed by atoms with van der Waals surface area (Å²) in [6, 6.07) is 0.673. The van der Waals surface area contributed by atoms with Crippen LogP contribution >= 0.6 is 0 Å². The van der Waals surface area contributed by atoms with Gasteiger partial charge in [-0.05, 0) is 25.8 Å². The Bertz CT molecular complexity index is 69.1. The third kappa shape index (κ3) is 4.80. The molecule has 0 aromatic heterocycles. The Hall–Kier alpha value is -0.0400. The topological polar surface area (TPSA) is 12.0 Å². The first-order valence-electron chi connectivity index (χ1n) is 4.41. The first-order chi connectivity index (χ1) is 4.68. The smallest absolute Gasteiger partial charge is 0.00617 e. The molecule has 0 saturated heterocycles. The van der Waals surface area contributed by atoms with Crippen LogP contribution in [0.4, 0.5) is 0 Å². The molecule has 0 aliphatic carbocycles. The Labute approximate surface area is 65.2 Å². The molecule has 1 unspecified atom stereocenters. The summed E-state index contributed by atoms with van der Waals surface area (Å²) >= 11 is 0. The zero-order valence-electron chi connectivity index (χ0n) is 7.78. The van der Waals surface area contributed by atoms with Gasteiger partial charge in [-0.2, -0.15) is 0 Å². The van der Waals surface area contributed by atoms with Crippen LogP contribution in [0.1, 0.15) is 40.5 Å². The van der Waals surface area contributed by atoms with Crippen molar-refractivity contribution in [2.24, 2.45) is 5.92 Å². The minimum absolute atomic E-state index is 0.673. The third-order valence-corrected chi connectivity index (χ3v) is 2.00. The Morgan fingerprint density at radius 3 is 2.20 bits per heavy atom. The molecule has 0 bridgehead atoms. The molecule has 0 aliphatic rings. The molecule has 0 fully saturated rings. The van der Waals surface area contributed by atoms with E-state index in [9.17, 15) is 0 Å². The first-order valence-corrected chi connectivity index (χ1v) is 4.41. The van der Waals surface area contributed by atoms with Gasteiger partial charge in [0, 0.05) is 6.04 Å². The summed E-state index contributed by atoms with van der Waals surface area (Å²) in [5.41, 5.74) is 0. The van der Waals surface area contributed by atoms with Gasteiger partial charge in [0.25, 0.3) is 0 Å². The average molecular weight is 143 g/mol. The van der Waals surface area contributed by atoms with E-state index in [2.05, 4.69) is 33.0 Å². The predicted molar refractivity (Wildman–Crippen MR) is 47.2 cm³/mol. The zero-order valence-corrected chi connectivity index (χ0v) is 7.78. The lowest BCUT2D eigenvalue weighted by Crippen LogP contribution is -2.31. The SMILES string of the molecule is CCCCNC(C)C(C)C. The molecular weight excluding hydrogens is 122 g/mol. The van der Waals surface area contributed by atoms with Crippen LogP contribution in [0.25, 0.3) is 0 Å². The predicted octanol–water partition coefficient (Wildman–Crippen LogP) is 2.42. The van der Waals surface area contributed by atoms with E-state index in [0.717, 1.165) is 5.92 Å². The van der Waals surface area contributed by atoms with Crippen molar-refractivity contribution in [2.75, 3.05) is 6.54 Å². The normalized spacial score (nSPS) is 14.1. The highest BCUT2D eigenvalue weighted by Crippen LogP contribution is 1.99. The molecule has 0 amide bonds. The zero-order chi connectivity index (χ0) is 7.98. The summed E-state index contributed by atoms with van der Waals surface area (Å²) in [6.07, 6.45) is 2.59. The molecule has 0 radical (unpaired) electrons. The van der Waals surface area contributed by atoms with Crippen LogP contribution < -0.4 is 5.32 Å². The van der Waals surface area contributed by atoms with E-state index < -0.39 is 0 Å².